The van der Waals surface area contributed by atoms with E-state index in [4.69, 9.17) is 4.74 Å². The third-order valence-corrected chi connectivity index (χ3v) is 3.05. The minimum Gasteiger partial charge on any atom is -0.380 e. The number of carbonyl (C=O) groups is 1. The summed E-state index contributed by atoms with van der Waals surface area (Å²) in [7, 11) is 1.67. The number of hydrogen-bond acceptors (Lipinski definition) is 3. The molecule has 0 saturated heterocycles. The van der Waals surface area contributed by atoms with Crippen molar-refractivity contribution in [3.8, 4) is 0 Å². The quantitative estimate of drug-likeness (QED) is 0.808. The number of fused-ring (bicyclic) bond motifs is 1. The predicted octanol–water partition coefficient (Wildman–Crippen LogP) is 1.88. The highest BCUT2D eigenvalue weighted by Crippen LogP contribution is 2.32. The summed E-state index contributed by atoms with van der Waals surface area (Å²) in [6.45, 7) is 0.613. The van der Waals surface area contributed by atoms with E-state index in [9.17, 15) is 4.79 Å². The third kappa shape index (κ3) is 1.91. The Morgan fingerprint density at radius 2 is 2.43 bits per heavy atom. The number of nitrogens with one attached hydrogen (secondary N) is 1. The van der Waals surface area contributed by atoms with Crippen molar-refractivity contribution in [1.82, 2.24) is 0 Å². The van der Waals surface area contributed by atoms with Gasteiger partial charge in [-0.25, -0.2) is 0 Å². The Balaban J connectivity index is 2.26. The first kappa shape index (κ1) is 9.55. The first-order valence-electron chi connectivity index (χ1n) is 4.34. The maximum absolute atomic E-state index is 11.1. The van der Waals surface area contributed by atoms with Gasteiger partial charge in [-0.15, -0.1) is 11.8 Å². The first-order chi connectivity index (χ1) is 6.79. The molecule has 74 valence electrons. The Morgan fingerprint density at radius 3 is 3.21 bits per heavy atom. The minimum atomic E-state index is 0.0713. The zero-order valence-electron chi connectivity index (χ0n) is 7.87. The highest BCUT2D eigenvalue weighted by atomic mass is 32.2. The SMILES string of the molecule is COCc1ccc2c(c1)SCC(=O)N2. The lowest BCUT2D eigenvalue weighted by atomic mass is 10.2. The van der Waals surface area contributed by atoms with Gasteiger partial charge in [-0.1, -0.05) is 6.07 Å². The van der Waals surface area contributed by atoms with E-state index in [0.29, 0.717) is 12.4 Å². The van der Waals surface area contributed by atoms with Crippen LogP contribution in [-0.2, 0) is 16.1 Å². The molecule has 4 heteroatoms. The molecular formula is C10H11NO2S. The largest absolute Gasteiger partial charge is 0.380 e. The Bertz CT molecular complexity index is 365. The minimum absolute atomic E-state index is 0.0713. The van der Waals surface area contributed by atoms with Gasteiger partial charge in [-0.3, -0.25) is 4.79 Å². The number of benzene rings is 1. The van der Waals surface area contributed by atoms with Crippen LogP contribution in [0, 0.1) is 0 Å². The fourth-order valence-electron chi connectivity index (χ4n) is 1.38. The number of ether oxygens (including phenoxy) is 1. The Hall–Kier alpha value is -1.00. The van der Waals surface area contributed by atoms with Crippen LogP contribution in [0.15, 0.2) is 23.1 Å². The van der Waals surface area contributed by atoms with Crippen molar-refractivity contribution in [3.63, 3.8) is 0 Å². The van der Waals surface area contributed by atoms with E-state index in [2.05, 4.69) is 11.4 Å². The van der Waals surface area contributed by atoms with Crippen LogP contribution in [0.2, 0.25) is 0 Å². The zero-order valence-corrected chi connectivity index (χ0v) is 8.69. The van der Waals surface area contributed by atoms with Crippen molar-refractivity contribution in [3.05, 3.63) is 23.8 Å². The van der Waals surface area contributed by atoms with Gasteiger partial charge >= 0.3 is 0 Å². The molecule has 0 aromatic heterocycles. The topological polar surface area (TPSA) is 38.3 Å². The second-order valence-corrected chi connectivity index (χ2v) is 4.12. The number of methoxy groups -OCH3 is 1. The maximum Gasteiger partial charge on any atom is 0.234 e. The molecule has 1 aliphatic rings. The molecule has 1 aromatic rings. The van der Waals surface area contributed by atoms with Gasteiger partial charge in [-0.2, -0.15) is 0 Å². The normalized spacial score (nSPS) is 14.8. The summed E-state index contributed by atoms with van der Waals surface area (Å²) in [5, 5.41) is 2.83. The summed E-state index contributed by atoms with van der Waals surface area (Å²) < 4.78 is 5.04. The van der Waals surface area contributed by atoms with Gasteiger partial charge in [0.05, 0.1) is 18.0 Å². The number of amides is 1. The zero-order chi connectivity index (χ0) is 9.97. The molecule has 0 atom stereocenters. The van der Waals surface area contributed by atoms with Crippen molar-refractivity contribution >= 4 is 23.4 Å². The fraction of sp³-hybridized carbons (Fsp3) is 0.300. The van der Waals surface area contributed by atoms with Crippen molar-refractivity contribution in [2.24, 2.45) is 0 Å². The second-order valence-electron chi connectivity index (χ2n) is 3.10. The van der Waals surface area contributed by atoms with Gasteiger partial charge in [0, 0.05) is 12.0 Å². The molecule has 14 heavy (non-hydrogen) atoms. The van der Waals surface area contributed by atoms with E-state index >= 15 is 0 Å². The molecule has 3 nitrogen and oxygen atoms in total. The predicted molar refractivity (Wildman–Crippen MR) is 56.5 cm³/mol. The Kier molecular flexibility index (Phi) is 2.74. The van der Waals surface area contributed by atoms with Gasteiger partial charge in [0.25, 0.3) is 0 Å². The van der Waals surface area contributed by atoms with Crippen molar-refractivity contribution in [2.75, 3.05) is 18.2 Å². The number of hydrogen-bond donors (Lipinski definition) is 1. The van der Waals surface area contributed by atoms with Crippen LogP contribution in [0.25, 0.3) is 0 Å². The van der Waals surface area contributed by atoms with Gasteiger partial charge in [0.2, 0.25) is 5.91 Å². The van der Waals surface area contributed by atoms with Crippen LogP contribution >= 0.6 is 11.8 Å². The van der Waals surface area contributed by atoms with E-state index in [0.717, 1.165) is 16.1 Å². The smallest absolute Gasteiger partial charge is 0.234 e. The van der Waals surface area contributed by atoms with Gasteiger partial charge in [0.1, 0.15) is 0 Å². The van der Waals surface area contributed by atoms with Gasteiger partial charge in [0.15, 0.2) is 0 Å². The molecule has 0 spiro atoms. The van der Waals surface area contributed by atoms with E-state index in [1.54, 1.807) is 18.9 Å². The van der Waals surface area contributed by atoms with Crippen LogP contribution in [0.3, 0.4) is 0 Å². The summed E-state index contributed by atoms with van der Waals surface area (Å²) >= 11 is 1.57. The summed E-state index contributed by atoms with van der Waals surface area (Å²) in [6.07, 6.45) is 0. The summed E-state index contributed by atoms with van der Waals surface area (Å²) in [6, 6.07) is 5.95. The fourth-order valence-corrected chi connectivity index (χ4v) is 2.24. The third-order valence-electron chi connectivity index (χ3n) is 1.99. The molecule has 0 saturated carbocycles. The molecule has 2 rings (SSSR count). The van der Waals surface area contributed by atoms with Crippen LogP contribution in [0.4, 0.5) is 5.69 Å². The molecule has 1 amide bonds. The van der Waals surface area contributed by atoms with E-state index < -0.39 is 0 Å². The lowest BCUT2D eigenvalue weighted by Gasteiger charge is -2.16. The summed E-state index contributed by atoms with van der Waals surface area (Å²) in [4.78, 5) is 12.2. The monoisotopic (exact) mass is 209 g/mol. The highest BCUT2D eigenvalue weighted by molar-refractivity contribution is 8.00. The van der Waals surface area contributed by atoms with E-state index in [-0.39, 0.29) is 5.91 Å². The molecule has 0 fully saturated rings. The average molecular weight is 209 g/mol. The molecule has 1 aliphatic heterocycles. The van der Waals surface area contributed by atoms with Crippen molar-refractivity contribution in [1.29, 1.82) is 0 Å². The number of thioether (sulfide) groups is 1. The molecular weight excluding hydrogens is 198 g/mol. The molecule has 1 aromatic carbocycles. The highest BCUT2D eigenvalue weighted by Gasteiger charge is 2.14. The Labute approximate surface area is 86.8 Å². The Morgan fingerprint density at radius 1 is 1.57 bits per heavy atom. The first-order valence-corrected chi connectivity index (χ1v) is 5.32. The van der Waals surface area contributed by atoms with Gasteiger partial charge < -0.3 is 10.1 Å². The average Bonchev–Trinajstić information content (AvgIpc) is 2.19. The van der Waals surface area contributed by atoms with E-state index in [1.807, 2.05) is 12.1 Å². The van der Waals surface area contributed by atoms with Crippen LogP contribution in [0.5, 0.6) is 0 Å². The second kappa shape index (κ2) is 4.02. The maximum atomic E-state index is 11.1. The van der Waals surface area contributed by atoms with Crippen LogP contribution in [0.1, 0.15) is 5.56 Å². The molecule has 0 bridgehead atoms. The lowest BCUT2D eigenvalue weighted by molar-refractivity contribution is -0.113. The lowest BCUT2D eigenvalue weighted by Crippen LogP contribution is -2.18. The molecule has 0 aliphatic carbocycles. The molecule has 0 radical (unpaired) electrons. The van der Waals surface area contributed by atoms with E-state index in [1.165, 1.54) is 0 Å². The standard InChI is InChI=1S/C10H11NO2S/c1-13-5-7-2-3-8-9(4-7)14-6-10(12)11-8/h2-4H,5-6H2,1H3,(H,11,12). The number of anilines is 1. The number of carbonyl (C=O) groups excluding carboxylic acids is 1. The van der Waals surface area contributed by atoms with Crippen LogP contribution < -0.4 is 5.32 Å². The summed E-state index contributed by atoms with van der Waals surface area (Å²) in [5.41, 5.74) is 2.04. The van der Waals surface area contributed by atoms with Gasteiger partial charge in [-0.05, 0) is 17.7 Å². The van der Waals surface area contributed by atoms with Crippen molar-refractivity contribution in [2.45, 2.75) is 11.5 Å². The molecule has 1 heterocycles. The van der Waals surface area contributed by atoms with Crippen molar-refractivity contribution < 1.29 is 9.53 Å². The summed E-state index contributed by atoms with van der Waals surface area (Å²) in [5.74, 6) is 0.575. The molecule has 0 unspecified atom stereocenters. The van der Waals surface area contributed by atoms with Crippen LogP contribution in [-0.4, -0.2) is 18.8 Å². The molecule has 1 N–H and O–H groups in total. The number of rotatable bonds is 2.